The van der Waals surface area contributed by atoms with E-state index in [1.54, 1.807) is 26.0 Å². The van der Waals surface area contributed by atoms with Crippen molar-refractivity contribution < 1.29 is 13.2 Å². The Kier molecular flexibility index (Phi) is 3.98. The summed E-state index contributed by atoms with van der Waals surface area (Å²) in [6, 6.07) is 6.11. The Balaban J connectivity index is 3.03. The van der Waals surface area contributed by atoms with E-state index in [1.807, 2.05) is 0 Å². The van der Waals surface area contributed by atoms with Crippen molar-refractivity contribution in [1.29, 1.82) is 0 Å². The average Bonchev–Trinajstić information content (AvgIpc) is 2.13. The van der Waals surface area contributed by atoms with Crippen molar-refractivity contribution in [2.75, 3.05) is 5.73 Å². The van der Waals surface area contributed by atoms with Gasteiger partial charge in [-0.25, -0.2) is 13.1 Å². The van der Waals surface area contributed by atoms with Gasteiger partial charge in [0.1, 0.15) is 4.90 Å². The van der Waals surface area contributed by atoms with Crippen molar-refractivity contribution >= 4 is 21.6 Å². The number of sulfonamides is 1. The number of hydrogen-bond acceptors (Lipinski definition) is 4. The van der Waals surface area contributed by atoms with Crippen LogP contribution in [0.2, 0.25) is 0 Å². The Bertz CT molecular complexity index is 552. The molecule has 100 valence electrons. The summed E-state index contributed by atoms with van der Waals surface area (Å²) in [7, 11) is -3.78. The highest BCUT2D eigenvalue weighted by atomic mass is 32.2. The predicted molar refractivity (Wildman–Crippen MR) is 69.1 cm³/mol. The van der Waals surface area contributed by atoms with Gasteiger partial charge in [0.2, 0.25) is 15.9 Å². The van der Waals surface area contributed by atoms with Gasteiger partial charge < -0.3 is 11.5 Å². The Labute approximate surface area is 106 Å². The number of nitrogen functional groups attached to an aromatic ring is 1. The third-order valence-corrected chi connectivity index (χ3v) is 4.01. The summed E-state index contributed by atoms with van der Waals surface area (Å²) >= 11 is 0. The van der Waals surface area contributed by atoms with Gasteiger partial charge in [0.15, 0.2) is 0 Å². The van der Waals surface area contributed by atoms with Crippen LogP contribution in [0.5, 0.6) is 0 Å². The fourth-order valence-corrected chi connectivity index (χ4v) is 3.16. The number of nitrogens with one attached hydrogen (secondary N) is 1. The van der Waals surface area contributed by atoms with Gasteiger partial charge in [-0.3, -0.25) is 4.79 Å². The summed E-state index contributed by atoms with van der Waals surface area (Å²) in [6.07, 6.45) is -0.0982. The van der Waals surface area contributed by atoms with Crippen molar-refractivity contribution in [2.45, 2.75) is 30.7 Å². The molecule has 0 spiro atoms. The van der Waals surface area contributed by atoms with E-state index >= 15 is 0 Å². The van der Waals surface area contributed by atoms with Crippen LogP contribution in [0, 0.1) is 0 Å². The Hall–Kier alpha value is -1.60. The molecule has 6 nitrogen and oxygen atoms in total. The van der Waals surface area contributed by atoms with E-state index < -0.39 is 21.5 Å². The predicted octanol–water partition coefficient (Wildman–Crippen LogP) is 0.201. The molecule has 0 unspecified atom stereocenters. The van der Waals surface area contributed by atoms with Crippen LogP contribution in [-0.4, -0.2) is 19.9 Å². The van der Waals surface area contributed by atoms with Gasteiger partial charge in [-0.15, -0.1) is 0 Å². The van der Waals surface area contributed by atoms with Crippen LogP contribution in [0.3, 0.4) is 0 Å². The maximum atomic E-state index is 12.1. The molecular formula is C11H17N3O3S. The number of rotatable bonds is 5. The maximum absolute atomic E-state index is 12.1. The van der Waals surface area contributed by atoms with E-state index in [2.05, 4.69) is 4.72 Å². The molecule has 0 bridgehead atoms. The van der Waals surface area contributed by atoms with Gasteiger partial charge in [-0.2, -0.15) is 0 Å². The van der Waals surface area contributed by atoms with Gasteiger partial charge >= 0.3 is 0 Å². The SMILES string of the molecule is CC(C)(CC(N)=O)NS(=O)(=O)c1ccccc1N. The second kappa shape index (κ2) is 4.95. The molecule has 5 N–H and O–H groups in total. The van der Waals surface area contributed by atoms with Crippen LogP contribution in [0.25, 0.3) is 0 Å². The normalized spacial score (nSPS) is 12.3. The van der Waals surface area contributed by atoms with Gasteiger partial charge in [-0.1, -0.05) is 12.1 Å². The number of primary amides is 1. The molecule has 0 aliphatic heterocycles. The first-order valence-corrected chi connectivity index (χ1v) is 6.79. The van der Waals surface area contributed by atoms with Gasteiger partial charge in [0.25, 0.3) is 0 Å². The van der Waals surface area contributed by atoms with E-state index in [1.165, 1.54) is 12.1 Å². The number of carbonyl (C=O) groups is 1. The van der Waals surface area contributed by atoms with E-state index in [4.69, 9.17) is 11.5 Å². The zero-order chi connectivity index (χ0) is 14.0. The topological polar surface area (TPSA) is 115 Å². The molecule has 0 aromatic heterocycles. The molecule has 0 heterocycles. The molecule has 1 aromatic carbocycles. The standard InChI is InChI=1S/C11H17N3O3S/c1-11(2,7-10(13)15)14-18(16,17)9-6-4-3-5-8(9)12/h3-6,14H,7,12H2,1-2H3,(H2,13,15). The van der Waals surface area contributed by atoms with Gasteiger partial charge in [0.05, 0.1) is 5.69 Å². The minimum absolute atomic E-state index is 0.0115. The molecule has 0 aliphatic carbocycles. The lowest BCUT2D eigenvalue weighted by Crippen LogP contribution is -2.46. The van der Waals surface area contributed by atoms with Crippen molar-refractivity contribution in [2.24, 2.45) is 5.73 Å². The fourth-order valence-electron chi connectivity index (χ4n) is 1.62. The van der Waals surface area contributed by atoms with Crippen LogP contribution < -0.4 is 16.2 Å². The van der Waals surface area contributed by atoms with Gasteiger partial charge in [-0.05, 0) is 26.0 Å². The Morgan fingerprint density at radius 3 is 2.39 bits per heavy atom. The number of anilines is 1. The molecule has 1 amide bonds. The lowest BCUT2D eigenvalue weighted by atomic mass is 10.0. The molecule has 18 heavy (non-hydrogen) atoms. The summed E-state index contributed by atoms with van der Waals surface area (Å²) in [5.74, 6) is -0.580. The summed E-state index contributed by atoms with van der Waals surface area (Å²) in [4.78, 5) is 10.9. The summed E-state index contributed by atoms with van der Waals surface area (Å²) in [6.45, 7) is 3.16. The third kappa shape index (κ3) is 3.71. The number of amides is 1. The zero-order valence-electron chi connectivity index (χ0n) is 10.3. The van der Waals surface area contributed by atoms with Crippen LogP contribution in [-0.2, 0) is 14.8 Å². The number of para-hydroxylation sites is 1. The van der Waals surface area contributed by atoms with E-state index in [9.17, 15) is 13.2 Å². The molecule has 0 saturated heterocycles. The fraction of sp³-hybridized carbons (Fsp3) is 0.364. The third-order valence-electron chi connectivity index (χ3n) is 2.24. The Morgan fingerprint density at radius 1 is 1.33 bits per heavy atom. The van der Waals surface area contributed by atoms with Crippen LogP contribution >= 0.6 is 0 Å². The highest BCUT2D eigenvalue weighted by Crippen LogP contribution is 2.20. The first-order chi connectivity index (χ1) is 8.14. The van der Waals surface area contributed by atoms with Crippen molar-refractivity contribution in [1.82, 2.24) is 4.72 Å². The minimum Gasteiger partial charge on any atom is -0.398 e. The van der Waals surface area contributed by atoms with Gasteiger partial charge in [0, 0.05) is 12.0 Å². The monoisotopic (exact) mass is 271 g/mol. The van der Waals surface area contributed by atoms with Crippen LogP contribution in [0.15, 0.2) is 29.2 Å². The minimum atomic E-state index is -3.78. The second-order valence-electron chi connectivity index (χ2n) is 4.67. The number of nitrogens with two attached hydrogens (primary N) is 2. The highest BCUT2D eigenvalue weighted by molar-refractivity contribution is 7.89. The molecule has 1 aromatic rings. The summed E-state index contributed by atoms with van der Waals surface area (Å²) < 4.78 is 26.6. The first kappa shape index (κ1) is 14.5. The van der Waals surface area contributed by atoms with E-state index in [-0.39, 0.29) is 17.0 Å². The lowest BCUT2D eigenvalue weighted by Gasteiger charge is -2.24. The molecule has 1 rings (SSSR count). The number of carbonyl (C=O) groups excluding carboxylic acids is 1. The first-order valence-electron chi connectivity index (χ1n) is 5.31. The van der Waals surface area contributed by atoms with Crippen LogP contribution in [0.1, 0.15) is 20.3 Å². The largest absolute Gasteiger partial charge is 0.398 e. The van der Waals surface area contributed by atoms with Crippen molar-refractivity contribution in [3.8, 4) is 0 Å². The summed E-state index contributed by atoms with van der Waals surface area (Å²) in [5, 5.41) is 0. The summed E-state index contributed by atoms with van der Waals surface area (Å²) in [5.41, 5.74) is 9.87. The zero-order valence-corrected chi connectivity index (χ0v) is 11.1. The average molecular weight is 271 g/mol. The number of hydrogen-bond donors (Lipinski definition) is 3. The molecule has 0 radical (unpaired) electrons. The molecule has 0 saturated carbocycles. The molecule has 7 heteroatoms. The Morgan fingerprint density at radius 2 is 1.89 bits per heavy atom. The van der Waals surface area contributed by atoms with Crippen molar-refractivity contribution in [3.05, 3.63) is 24.3 Å². The van der Waals surface area contributed by atoms with E-state index in [0.717, 1.165) is 0 Å². The van der Waals surface area contributed by atoms with E-state index in [0.29, 0.717) is 0 Å². The lowest BCUT2D eigenvalue weighted by molar-refractivity contribution is -0.119. The smallest absolute Gasteiger partial charge is 0.243 e. The second-order valence-corrected chi connectivity index (χ2v) is 6.32. The van der Waals surface area contributed by atoms with Crippen LogP contribution in [0.4, 0.5) is 5.69 Å². The highest BCUT2D eigenvalue weighted by Gasteiger charge is 2.28. The molecular weight excluding hydrogens is 254 g/mol. The molecule has 0 atom stereocenters. The molecule has 0 aliphatic rings. The number of benzene rings is 1. The maximum Gasteiger partial charge on any atom is 0.243 e. The quantitative estimate of drug-likeness (QED) is 0.663. The van der Waals surface area contributed by atoms with Crippen molar-refractivity contribution in [3.63, 3.8) is 0 Å². The molecule has 0 fully saturated rings.